The van der Waals surface area contributed by atoms with Crippen LogP contribution in [0.1, 0.15) is 12.5 Å². The van der Waals surface area contributed by atoms with E-state index in [0.29, 0.717) is 18.4 Å². The van der Waals surface area contributed by atoms with Crippen LogP contribution in [-0.4, -0.2) is 52.7 Å². The molecule has 0 spiro atoms. The monoisotopic (exact) mass is 423 g/mol. The molecule has 0 radical (unpaired) electrons. The zero-order valence-electron chi connectivity index (χ0n) is 17.0. The maximum Gasteiger partial charge on any atom is 0.234 e. The lowest BCUT2D eigenvalue weighted by Crippen LogP contribution is -2.37. The Hall–Kier alpha value is -2.84. The lowest BCUT2D eigenvalue weighted by Gasteiger charge is -2.27. The molecule has 4 rings (SSSR count). The van der Waals surface area contributed by atoms with Crippen molar-refractivity contribution in [2.45, 2.75) is 18.5 Å². The highest BCUT2D eigenvalue weighted by molar-refractivity contribution is 7.99. The number of thioether (sulfide) groups is 1. The van der Waals surface area contributed by atoms with Crippen LogP contribution < -0.4 is 10.2 Å². The molecule has 0 aliphatic carbocycles. The third kappa shape index (κ3) is 4.66. The number of para-hydroxylation sites is 2. The Kier molecular flexibility index (Phi) is 6.66. The van der Waals surface area contributed by atoms with Crippen molar-refractivity contribution in [2.24, 2.45) is 0 Å². The normalized spacial score (nSPS) is 14.0. The maximum atomic E-state index is 12.6. The van der Waals surface area contributed by atoms with E-state index in [2.05, 4.69) is 27.3 Å². The number of carbonyl (C=O) groups excluding carboxylic acids is 1. The summed E-state index contributed by atoms with van der Waals surface area (Å²) in [5, 5.41) is 12.5. The first-order chi connectivity index (χ1) is 14.8. The molecule has 0 bridgehead atoms. The van der Waals surface area contributed by atoms with E-state index < -0.39 is 0 Å². The molecule has 1 N–H and O–H groups in total. The zero-order chi connectivity index (χ0) is 20.8. The predicted molar refractivity (Wildman–Crippen MR) is 120 cm³/mol. The van der Waals surface area contributed by atoms with Gasteiger partial charge in [0.1, 0.15) is 0 Å². The van der Waals surface area contributed by atoms with Gasteiger partial charge in [0.25, 0.3) is 0 Å². The van der Waals surface area contributed by atoms with Gasteiger partial charge in [-0.25, -0.2) is 0 Å². The fourth-order valence-electron chi connectivity index (χ4n) is 3.39. The molecule has 0 atom stereocenters. The summed E-state index contributed by atoms with van der Waals surface area (Å²) in [7, 11) is 0. The van der Waals surface area contributed by atoms with Crippen LogP contribution in [-0.2, 0) is 16.0 Å². The highest BCUT2D eigenvalue weighted by Gasteiger charge is 2.22. The average Bonchev–Trinajstić information content (AvgIpc) is 3.23. The number of hydrogen-bond donors (Lipinski definition) is 1. The molecule has 2 aromatic carbocycles. The van der Waals surface area contributed by atoms with Crippen molar-refractivity contribution in [3.63, 3.8) is 0 Å². The number of morpholine rings is 1. The number of amides is 1. The van der Waals surface area contributed by atoms with E-state index >= 15 is 0 Å². The molecule has 156 valence electrons. The van der Waals surface area contributed by atoms with Crippen LogP contribution >= 0.6 is 11.8 Å². The number of benzene rings is 2. The van der Waals surface area contributed by atoms with Gasteiger partial charge in [0.2, 0.25) is 11.9 Å². The van der Waals surface area contributed by atoms with Gasteiger partial charge in [-0.3, -0.25) is 9.36 Å². The second kappa shape index (κ2) is 9.77. The van der Waals surface area contributed by atoms with Crippen LogP contribution in [0.5, 0.6) is 0 Å². The third-order valence-corrected chi connectivity index (χ3v) is 5.86. The van der Waals surface area contributed by atoms with E-state index in [4.69, 9.17) is 4.74 Å². The van der Waals surface area contributed by atoms with Gasteiger partial charge in [0.05, 0.1) is 24.7 Å². The van der Waals surface area contributed by atoms with Crippen molar-refractivity contribution in [2.75, 3.05) is 42.3 Å². The zero-order valence-corrected chi connectivity index (χ0v) is 17.8. The van der Waals surface area contributed by atoms with Crippen LogP contribution in [0.2, 0.25) is 0 Å². The van der Waals surface area contributed by atoms with E-state index in [1.165, 1.54) is 11.8 Å². The second-order valence-electron chi connectivity index (χ2n) is 6.90. The van der Waals surface area contributed by atoms with Gasteiger partial charge < -0.3 is 15.0 Å². The maximum absolute atomic E-state index is 12.6. The second-order valence-corrected chi connectivity index (χ2v) is 7.84. The van der Waals surface area contributed by atoms with Crippen molar-refractivity contribution in [1.82, 2.24) is 14.8 Å². The fourth-order valence-corrected chi connectivity index (χ4v) is 4.14. The molecule has 1 amide bonds. The van der Waals surface area contributed by atoms with E-state index in [9.17, 15) is 4.79 Å². The van der Waals surface area contributed by atoms with Gasteiger partial charge in [-0.2, -0.15) is 0 Å². The molecule has 8 heteroatoms. The van der Waals surface area contributed by atoms with Crippen LogP contribution in [0.3, 0.4) is 0 Å². The molecule has 0 unspecified atom stereocenters. The number of ether oxygens (including phenoxy) is 1. The summed E-state index contributed by atoms with van der Waals surface area (Å²) in [6.45, 7) is 4.95. The molecular formula is C22H25N5O2S. The highest BCUT2D eigenvalue weighted by Crippen LogP contribution is 2.27. The standard InChI is InChI=1S/C22H25N5O2S/c1-2-17-8-6-7-11-19(17)23-20(28)16-30-22-25-24-21(26-12-14-29-15-13-26)27(22)18-9-4-3-5-10-18/h3-11H,2,12-16H2,1H3,(H,23,28). The largest absolute Gasteiger partial charge is 0.378 e. The number of nitrogens with one attached hydrogen (secondary N) is 1. The lowest BCUT2D eigenvalue weighted by atomic mass is 10.1. The SMILES string of the molecule is CCc1ccccc1NC(=O)CSc1nnc(N2CCOCC2)n1-c1ccccc1. The van der Waals surface area contributed by atoms with Crippen molar-refractivity contribution in [3.05, 3.63) is 60.2 Å². The topological polar surface area (TPSA) is 72.3 Å². The number of aromatic nitrogens is 3. The van der Waals surface area contributed by atoms with Gasteiger partial charge in [-0.1, -0.05) is 55.1 Å². The first-order valence-electron chi connectivity index (χ1n) is 10.1. The van der Waals surface area contributed by atoms with Crippen LogP contribution in [0.15, 0.2) is 59.8 Å². The summed E-state index contributed by atoms with van der Waals surface area (Å²) in [5.41, 5.74) is 2.96. The lowest BCUT2D eigenvalue weighted by molar-refractivity contribution is -0.113. The number of anilines is 2. The number of nitrogens with zero attached hydrogens (tertiary/aromatic N) is 4. The quantitative estimate of drug-likeness (QED) is 0.588. The van der Waals surface area contributed by atoms with Crippen LogP contribution in [0.25, 0.3) is 5.69 Å². The fraction of sp³-hybridized carbons (Fsp3) is 0.318. The molecule has 1 fully saturated rings. The molecule has 30 heavy (non-hydrogen) atoms. The van der Waals surface area contributed by atoms with Crippen molar-refractivity contribution in [3.8, 4) is 5.69 Å². The minimum Gasteiger partial charge on any atom is -0.378 e. The van der Waals surface area contributed by atoms with Crippen LogP contribution in [0, 0.1) is 0 Å². The Balaban J connectivity index is 1.52. The molecule has 7 nitrogen and oxygen atoms in total. The first kappa shape index (κ1) is 20.4. The average molecular weight is 424 g/mol. The van der Waals surface area contributed by atoms with Crippen LogP contribution in [0.4, 0.5) is 11.6 Å². The summed E-state index contributed by atoms with van der Waals surface area (Å²) < 4.78 is 7.49. The summed E-state index contributed by atoms with van der Waals surface area (Å²) in [5.74, 6) is 0.978. The summed E-state index contributed by atoms with van der Waals surface area (Å²) >= 11 is 1.39. The number of rotatable bonds is 7. The summed E-state index contributed by atoms with van der Waals surface area (Å²) in [6, 6.07) is 17.9. The van der Waals surface area contributed by atoms with Crippen molar-refractivity contribution < 1.29 is 9.53 Å². The minimum absolute atomic E-state index is 0.0589. The molecule has 2 heterocycles. The van der Waals surface area contributed by atoms with Crippen molar-refractivity contribution >= 4 is 29.3 Å². The Bertz CT molecular complexity index is 986. The molecule has 1 saturated heterocycles. The molecular weight excluding hydrogens is 398 g/mol. The summed E-state index contributed by atoms with van der Waals surface area (Å²) in [6.07, 6.45) is 0.870. The number of hydrogen-bond acceptors (Lipinski definition) is 6. The molecule has 1 aliphatic heterocycles. The third-order valence-electron chi connectivity index (χ3n) is 4.93. The van der Waals surface area contributed by atoms with Gasteiger partial charge in [-0.05, 0) is 30.2 Å². The van der Waals surface area contributed by atoms with E-state index in [1.807, 2.05) is 59.2 Å². The van der Waals surface area contributed by atoms with Gasteiger partial charge in [0, 0.05) is 18.8 Å². The molecule has 1 aromatic heterocycles. The highest BCUT2D eigenvalue weighted by atomic mass is 32.2. The smallest absolute Gasteiger partial charge is 0.234 e. The Morgan fingerprint density at radius 1 is 1.07 bits per heavy atom. The Morgan fingerprint density at radius 3 is 2.57 bits per heavy atom. The number of aryl methyl sites for hydroxylation is 1. The Morgan fingerprint density at radius 2 is 1.80 bits per heavy atom. The van der Waals surface area contributed by atoms with E-state index in [-0.39, 0.29) is 11.7 Å². The number of carbonyl (C=O) groups is 1. The molecule has 1 aliphatic rings. The summed E-state index contributed by atoms with van der Waals surface area (Å²) in [4.78, 5) is 14.8. The minimum atomic E-state index is -0.0589. The van der Waals surface area contributed by atoms with E-state index in [0.717, 1.165) is 42.4 Å². The molecule has 3 aromatic rings. The van der Waals surface area contributed by atoms with Gasteiger partial charge in [-0.15, -0.1) is 10.2 Å². The van der Waals surface area contributed by atoms with Crippen molar-refractivity contribution in [1.29, 1.82) is 0 Å². The first-order valence-corrected chi connectivity index (χ1v) is 11.1. The Labute approximate surface area is 180 Å². The van der Waals surface area contributed by atoms with Gasteiger partial charge >= 0.3 is 0 Å². The molecule has 0 saturated carbocycles. The van der Waals surface area contributed by atoms with Gasteiger partial charge in [0.15, 0.2) is 5.16 Å². The van der Waals surface area contributed by atoms with E-state index in [1.54, 1.807) is 0 Å². The predicted octanol–water partition coefficient (Wildman–Crippen LogP) is 3.40.